The number of carbonyl (C=O) groups excluding carboxylic acids is 3. The Bertz CT molecular complexity index is 1050. The maximum atomic E-state index is 13.8. The van der Waals surface area contributed by atoms with E-state index >= 15 is 0 Å². The van der Waals surface area contributed by atoms with Gasteiger partial charge in [0.05, 0.1) is 0 Å². The summed E-state index contributed by atoms with van der Waals surface area (Å²) in [6.45, 7) is 5.75. The summed E-state index contributed by atoms with van der Waals surface area (Å²) in [5, 5.41) is 8.81. The van der Waals surface area contributed by atoms with E-state index in [2.05, 4.69) is 0 Å². The number of carboxylic acid groups (broad SMARTS) is 1. The highest BCUT2D eigenvalue weighted by atomic mass is 32.2. The van der Waals surface area contributed by atoms with E-state index in [1.54, 1.807) is 54.6 Å². The van der Waals surface area contributed by atoms with Crippen LogP contribution in [0.25, 0.3) is 0 Å². The second-order valence-electron chi connectivity index (χ2n) is 9.23. The van der Waals surface area contributed by atoms with E-state index in [0.717, 1.165) is 23.5 Å². The summed E-state index contributed by atoms with van der Waals surface area (Å²) in [4.78, 5) is 53.4. The number of amides is 1. The van der Waals surface area contributed by atoms with Gasteiger partial charge in [-0.05, 0) is 18.3 Å². The second-order valence-corrected chi connectivity index (χ2v) is 11.4. The fourth-order valence-corrected chi connectivity index (χ4v) is 6.33. The molecule has 0 aliphatic carbocycles. The summed E-state index contributed by atoms with van der Waals surface area (Å²) < 4.78 is 0. The average Bonchev–Trinajstić information content (AvgIpc) is 3.29. The van der Waals surface area contributed by atoms with Crippen LogP contribution in [-0.2, 0) is 9.59 Å². The van der Waals surface area contributed by atoms with Gasteiger partial charge in [0, 0.05) is 23.4 Å². The molecule has 1 aliphatic rings. The van der Waals surface area contributed by atoms with E-state index in [-0.39, 0.29) is 16.0 Å². The van der Waals surface area contributed by atoms with Crippen LogP contribution in [0.1, 0.15) is 54.3 Å². The van der Waals surface area contributed by atoms with E-state index in [9.17, 15) is 24.3 Å². The first-order chi connectivity index (χ1) is 16.1. The van der Waals surface area contributed by atoms with E-state index < -0.39 is 28.1 Å². The molecule has 0 bridgehead atoms. The summed E-state index contributed by atoms with van der Waals surface area (Å²) in [5.41, 5.74) is -1.12. The highest BCUT2D eigenvalue weighted by Gasteiger charge is 2.58. The van der Waals surface area contributed by atoms with Crippen molar-refractivity contribution in [1.82, 2.24) is 4.90 Å². The topological polar surface area (TPSA) is 91.8 Å². The van der Waals surface area contributed by atoms with Crippen LogP contribution < -0.4 is 0 Å². The monoisotopic (exact) mass is 499 g/mol. The molecular weight excluding hydrogens is 470 g/mol. The molecule has 0 aromatic heterocycles. The number of nitrogens with zero attached hydrogens (tertiary/aromatic N) is 1. The Hall–Kier alpha value is -2.58. The molecule has 2 aromatic rings. The van der Waals surface area contributed by atoms with Crippen molar-refractivity contribution in [1.29, 1.82) is 0 Å². The molecule has 0 unspecified atom stereocenters. The van der Waals surface area contributed by atoms with E-state index in [0.29, 0.717) is 30.5 Å². The van der Waals surface area contributed by atoms with E-state index in [1.165, 1.54) is 4.90 Å². The van der Waals surface area contributed by atoms with Crippen LogP contribution in [0.2, 0.25) is 0 Å². The van der Waals surface area contributed by atoms with Crippen molar-refractivity contribution in [2.24, 2.45) is 5.41 Å². The van der Waals surface area contributed by atoms with Crippen LogP contribution >= 0.6 is 23.5 Å². The summed E-state index contributed by atoms with van der Waals surface area (Å²) in [5.74, 6) is -1.40. The summed E-state index contributed by atoms with van der Waals surface area (Å²) in [6, 6.07) is 17.4. The number of carbonyl (C=O) groups is 4. The molecule has 0 spiro atoms. The highest BCUT2D eigenvalue weighted by Crippen LogP contribution is 2.45. The van der Waals surface area contributed by atoms with Gasteiger partial charge in [-0.2, -0.15) is 0 Å². The molecule has 1 aliphatic heterocycles. The van der Waals surface area contributed by atoms with Gasteiger partial charge < -0.3 is 10.0 Å². The normalized spacial score (nSPS) is 19.0. The van der Waals surface area contributed by atoms with Crippen molar-refractivity contribution in [2.45, 2.75) is 44.4 Å². The lowest BCUT2D eigenvalue weighted by Crippen LogP contribution is -2.62. The predicted octanol–water partition coefficient (Wildman–Crippen LogP) is 4.99. The number of rotatable bonds is 7. The van der Waals surface area contributed by atoms with Gasteiger partial charge in [-0.3, -0.25) is 14.4 Å². The molecule has 1 amide bonds. The molecule has 1 saturated heterocycles. The molecule has 8 heteroatoms. The van der Waals surface area contributed by atoms with Crippen LogP contribution in [-0.4, -0.2) is 55.2 Å². The van der Waals surface area contributed by atoms with Gasteiger partial charge in [0.15, 0.2) is 0 Å². The largest absolute Gasteiger partial charge is 0.479 e. The number of thioether (sulfide) groups is 2. The Labute approximate surface area is 208 Å². The van der Waals surface area contributed by atoms with Gasteiger partial charge in [-0.15, -0.1) is 0 Å². The maximum Gasteiger partial charge on any atom is 0.330 e. The Kier molecular flexibility index (Phi) is 8.25. The van der Waals surface area contributed by atoms with Crippen molar-refractivity contribution in [3.63, 3.8) is 0 Å². The van der Waals surface area contributed by atoms with Gasteiger partial charge in [-0.25, -0.2) is 4.79 Å². The van der Waals surface area contributed by atoms with E-state index in [4.69, 9.17) is 0 Å². The molecule has 1 fully saturated rings. The summed E-state index contributed by atoms with van der Waals surface area (Å²) in [7, 11) is 0. The lowest BCUT2D eigenvalue weighted by atomic mass is 9.71. The van der Waals surface area contributed by atoms with Gasteiger partial charge in [0.1, 0.15) is 10.8 Å². The lowest BCUT2D eigenvalue weighted by molar-refractivity contribution is -0.164. The fraction of sp³-hybridized carbons (Fsp3) is 0.385. The molecule has 0 saturated carbocycles. The Morgan fingerprint density at radius 2 is 1.47 bits per heavy atom. The predicted molar refractivity (Wildman–Crippen MR) is 136 cm³/mol. The smallest absolute Gasteiger partial charge is 0.330 e. The zero-order valence-electron chi connectivity index (χ0n) is 19.5. The number of likely N-dealkylation sites (tertiary alicyclic amines) is 1. The zero-order chi connectivity index (χ0) is 24.9. The van der Waals surface area contributed by atoms with Crippen molar-refractivity contribution in [2.75, 3.05) is 12.3 Å². The Balaban J connectivity index is 1.88. The number of aliphatic carboxylic acids is 1. The second kappa shape index (κ2) is 10.8. The van der Waals surface area contributed by atoms with Crippen molar-refractivity contribution in [3.8, 4) is 0 Å². The average molecular weight is 500 g/mol. The van der Waals surface area contributed by atoms with Crippen LogP contribution in [0.4, 0.5) is 0 Å². The maximum absolute atomic E-state index is 13.8. The van der Waals surface area contributed by atoms with Crippen molar-refractivity contribution < 1.29 is 24.3 Å². The molecule has 34 heavy (non-hydrogen) atoms. The third-order valence-corrected chi connectivity index (χ3v) is 8.46. The molecule has 0 radical (unpaired) electrons. The van der Waals surface area contributed by atoms with Crippen LogP contribution in [0.5, 0.6) is 0 Å². The van der Waals surface area contributed by atoms with Crippen LogP contribution in [0, 0.1) is 5.41 Å². The van der Waals surface area contributed by atoms with E-state index in [1.807, 2.05) is 26.8 Å². The molecule has 3 rings (SSSR count). The molecule has 1 N–H and O–H groups in total. The Morgan fingerprint density at radius 3 is 1.97 bits per heavy atom. The van der Waals surface area contributed by atoms with Gasteiger partial charge >= 0.3 is 5.97 Å². The highest BCUT2D eigenvalue weighted by molar-refractivity contribution is 8.18. The lowest BCUT2D eigenvalue weighted by Gasteiger charge is -2.45. The fourth-order valence-electron chi connectivity index (χ4n) is 4.35. The van der Waals surface area contributed by atoms with Crippen LogP contribution in [0.3, 0.4) is 0 Å². The molecule has 6 nitrogen and oxygen atoms in total. The minimum atomic E-state index is -1.37. The molecule has 1 heterocycles. The van der Waals surface area contributed by atoms with Gasteiger partial charge in [0.25, 0.3) is 0 Å². The first-order valence-corrected chi connectivity index (χ1v) is 13.0. The standard InChI is InChI=1S/C26H29NO5S2/c1-25(2,3)26(24(31)32)15-10-16-27(26)21(28)20(34-23(30)19-13-8-5-9-14-19)17-33-22(29)18-11-6-4-7-12-18/h4-9,11-14,20H,10,15-17H2,1-3H3,(H,31,32)/t20-,26+/m1/s1. The number of carboxylic acids is 1. The molecule has 2 aromatic carbocycles. The van der Waals surface area contributed by atoms with Gasteiger partial charge in [0.2, 0.25) is 16.1 Å². The summed E-state index contributed by atoms with van der Waals surface area (Å²) in [6.07, 6.45) is 0.910. The Morgan fingerprint density at radius 1 is 0.941 bits per heavy atom. The molecule has 180 valence electrons. The van der Waals surface area contributed by atoms with Crippen molar-refractivity contribution >= 4 is 45.6 Å². The first kappa shape index (κ1) is 26.0. The third-order valence-electron chi connectivity index (χ3n) is 6.15. The number of hydrogen-bond donors (Lipinski definition) is 1. The quantitative estimate of drug-likeness (QED) is 0.573. The van der Waals surface area contributed by atoms with Gasteiger partial charge in [-0.1, -0.05) is 105 Å². The zero-order valence-corrected chi connectivity index (χ0v) is 21.2. The SMILES string of the molecule is CC(C)(C)[C@@]1(C(=O)O)CCCN1C(=O)[C@@H](CSC(=O)c1ccccc1)SC(=O)c1ccccc1. The summed E-state index contributed by atoms with van der Waals surface area (Å²) >= 11 is 1.83. The molecular formula is C26H29NO5S2. The van der Waals surface area contributed by atoms with Crippen LogP contribution in [0.15, 0.2) is 60.7 Å². The molecule has 2 atom stereocenters. The first-order valence-electron chi connectivity index (χ1n) is 11.1. The third kappa shape index (κ3) is 5.39. The minimum absolute atomic E-state index is 0.0616. The number of hydrogen-bond acceptors (Lipinski definition) is 6. The van der Waals surface area contributed by atoms with Crippen molar-refractivity contribution in [3.05, 3.63) is 71.8 Å². The minimum Gasteiger partial charge on any atom is -0.479 e. The number of benzene rings is 2.